The van der Waals surface area contributed by atoms with Crippen LogP contribution in [0.1, 0.15) is 13.3 Å². The quantitative estimate of drug-likeness (QED) is 0.873. The van der Waals surface area contributed by atoms with Gasteiger partial charge in [-0.1, -0.05) is 18.2 Å². The molecule has 1 fully saturated rings. The Labute approximate surface area is 112 Å². The molecule has 1 aromatic carbocycles. The van der Waals surface area contributed by atoms with Crippen LogP contribution < -0.4 is 10.1 Å². The Bertz CT molecular complexity index is 447. The van der Waals surface area contributed by atoms with Crippen molar-refractivity contribution < 1.29 is 14.3 Å². The van der Waals surface area contributed by atoms with Crippen LogP contribution in [-0.2, 0) is 9.59 Å². The average Bonchev–Trinajstić information content (AvgIpc) is 2.43. The number of rotatable bonds is 4. The number of hydrogen-bond donors (Lipinski definition) is 1. The maximum absolute atomic E-state index is 12.0. The van der Waals surface area contributed by atoms with Gasteiger partial charge in [0, 0.05) is 13.1 Å². The van der Waals surface area contributed by atoms with Gasteiger partial charge in [-0.15, -0.1) is 0 Å². The van der Waals surface area contributed by atoms with Crippen LogP contribution in [0.25, 0.3) is 0 Å². The van der Waals surface area contributed by atoms with Crippen LogP contribution in [0.15, 0.2) is 30.3 Å². The molecule has 19 heavy (non-hydrogen) atoms. The number of hydrogen-bond acceptors (Lipinski definition) is 3. The molecule has 1 N–H and O–H groups in total. The van der Waals surface area contributed by atoms with Gasteiger partial charge < -0.3 is 15.0 Å². The molecule has 5 heteroatoms. The summed E-state index contributed by atoms with van der Waals surface area (Å²) >= 11 is 0. The standard InChI is InChI=1S/C14H18N2O3/c1-11-14(18)15-8-9-16(11)13(17)7-10-19-12-5-3-2-4-6-12/h2-6,11H,7-10H2,1H3,(H,15,18). The minimum atomic E-state index is -0.391. The highest BCUT2D eigenvalue weighted by molar-refractivity contribution is 5.88. The monoisotopic (exact) mass is 262 g/mol. The molecule has 0 aliphatic carbocycles. The Morgan fingerprint density at radius 2 is 2.16 bits per heavy atom. The Balaban J connectivity index is 1.79. The van der Waals surface area contributed by atoms with Crippen LogP contribution in [0.5, 0.6) is 5.75 Å². The van der Waals surface area contributed by atoms with Crippen LogP contribution in [-0.4, -0.2) is 42.5 Å². The number of amides is 2. The molecule has 0 saturated carbocycles. The van der Waals surface area contributed by atoms with Gasteiger partial charge in [-0.25, -0.2) is 0 Å². The van der Waals surface area contributed by atoms with Crippen LogP contribution in [0, 0.1) is 0 Å². The third kappa shape index (κ3) is 3.47. The normalized spacial score (nSPS) is 18.9. The predicted octanol–water partition coefficient (Wildman–Crippen LogP) is 0.802. The van der Waals surface area contributed by atoms with Gasteiger partial charge in [0.05, 0.1) is 13.0 Å². The first-order valence-corrected chi connectivity index (χ1v) is 6.43. The lowest BCUT2D eigenvalue weighted by Gasteiger charge is -2.32. The number of carbonyl (C=O) groups excluding carboxylic acids is 2. The van der Waals surface area contributed by atoms with Gasteiger partial charge in [0.25, 0.3) is 0 Å². The minimum Gasteiger partial charge on any atom is -0.493 e. The molecule has 1 saturated heterocycles. The highest BCUT2D eigenvalue weighted by atomic mass is 16.5. The van der Waals surface area contributed by atoms with Crippen LogP contribution in [0.2, 0.25) is 0 Å². The van der Waals surface area contributed by atoms with E-state index < -0.39 is 6.04 Å². The summed E-state index contributed by atoms with van der Waals surface area (Å²) in [5.41, 5.74) is 0. The molecular formula is C14H18N2O3. The van der Waals surface area contributed by atoms with Gasteiger partial charge >= 0.3 is 0 Å². The molecule has 1 aromatic rings. The van der Waals surface area contributed by atoms with Crippen molar-refractivity contribution in [2.24, 2.45) is 0 Å². The number of carbonyl (C=O) groups is 2. The summed E-state index contributed by atoms with van der Waals surface area (Å²) < 4.78 is 5.48. The fraction of sp³-hybridized carbons (Fsp3) is 0.429. The van der Waals surface area contributed by atoms with E-state index in [-0.39, 0.29) is 18.2 Å². The van der Waals surface area contributed by atoms with Crippen LogP contribution in [0.4, 0.5) is 0 Å². The average molecular weight is 262 g/mol. The summed E-state index contributed by atoms with van der Waals surface area (Å²) in [6.07, 6.45) is 0.284. The molecule has 0 spiro atoms. The van der Waals surface area contributed by atoms with Crippen molar-refractivity contribution in [2.45, 2.75) is 19.4 Å². The lowest BCUT2D eigenvalue weighted by molar-refractivity contribution is -0.142. The molecule has 1 aliphatic heterocycles. The van der Waals surface area contributed by atoms with Crippen LogP contribution in [0.3, 0.4) is 0 Å². The molecule has 1 unspecified atom stereocenters. The second-order valence-electron chi connectivity index (χ2n) is 4.47. The van der Waals surface area contributed by atoms with E-state index in [0.29, 0.717) is 19.7 Å². The van der Waals surface area contributed by atoms with Crippen LogP contribution >= 0.6 is 0 Å². The Kier molecular flexibility index (Phi) is 4.39. The van der Waals surface area contributed by atoms with E-state index in [1.165, 1.54) is 0 Å². The van der Waals surface area contributed by atoms with Gasteiger partial charge in [0.2, 0.25) is 11.8 Å². The lowest BCUT2D eigenvalue weighted by Crippen LogP contribution is -2.56. The third-order valence-corrected chi connectivity index (χ3v) is 3.15. The van der Waals surface area contributed by atoms with Crippen molar-refractivity contribution in [1.29, 1.82) is 0 Å². The first kappa shape index (κ1) is 13.4. The number of ether oxygens (including phenoxy) is 1. The number of para-hydroxylation sites is 1. The maximum atomic E-state index is 12.0. The van der Waals surface area contributed by atoms with Crippen molar-refractivity contribution in [3.63, 3.8) is 0 Å². The van der Waals surface area contributed by atoms with E-state index in [1.807, 2.05) is 30.3 Å². The molecule has 0 aromatic heterocycles. The maximum Gasteiger partial charge on any atom is 0.242 e. The van der Waals surface area contributed by atoms with Crippen molar-refractivity contribution >= 4 is 11.8 Å². The number of benzene rings is 1. The smallest absolute Gasteiger partial charge is 0.242 e. The zero-order chi connectivity index (χ0) is 13.7. The number of nitrogens with zero attached hydrogens (tertiary/aromatic N) is 1. The number of piperazine rings is 1. The van der Waals surface area contributed by atoms with E-state index >= 15 is 0 Å². The highest BCUT2D eigenvalue weighted by Gasteiger charge is 2.28. The molecule has 1 atom stereocenters. The molecule has 1 aliphatic rings. The van der Waals surface area contributed by atoms with Crippen molar-refractivity contribution in [3.8, 4) is 5.75 Å². The molecule has 0 bridgehead atoms. The lowest BCUT2D eigenvalue weighted by atomic mass is 10.2. The Hall–Kier alpha value is -2.04. The second kappa shape index (κ2) is 6.22. The van der Waals surface area contributed by atoms with Gasteiger partial charge in [-0.05, 0) is 19.1 Å². The summed E-state index contributed by atoms with van der Waals surface area (Å²) in [7, 11) is 0. The van der Waals surface area contributed by atoms with Gasteiger partial charge in [0.15, 0.2) is 0 Å². The summed E-state index contributed by atoms with van der Waals surface area (Å²) in [6, 6.07) is 8.98. The highest BCUT2D eigenvalue weighted by Crippen LogP contribution is 2.10. The predicted molar refractivity (Wildman–Crippen MR) is 70.7 cm³/mol. The zero-order valence-electron chi connectivity index (χ0n) is 11.0. The van der Waals surface area contributed by atoms with Gasteiger partial charge in [0.1, 0.15) is 11.8 Å². The topological polar surface area (TPSA) is 58.6 Å². The summed E-state index contributed by atoms with van der Waals surface area (Å²) in [5, 5.41) is 2.73. The fourth-order valence-electron chi connectivity index (χ4n) is 2.04. The first-order valence-electron chi connectivity index (χ1n) is 6.43. The number of nitrogens with one attached hydrogen (secondary N) is 1. The second-order valence-corrected chi connectivity index (χ2v) is 4.47. The van der Waals surface area contributed by atoms with Crippen molar-refractivity contribution in [3.05, 3.63) is 30.3 Å². The SMILES string of the molecule is CC1C(=O)NCCN1C(=O)CCOc1ccccc1. The third-order valence-electron chi connectivity index (χ3n) is 3.15. The van der Waals surface area contributed by atoms with E-state index in [9.17, 15) is 9.59 Å². The van der Waals surface area contributed by atoms with E-state index in [1.54, 1.807) is 11.8 Å². The van der Waals surface area contributed by atoms with Crippen molar-refractivity contribution in [1.82, 2.24) is 10.2 Å². The molecule has 2 rings (SSSR count). The molecule has 1 heterocycles. The van der Waals surface area contributed by atoms with Gasteiger partial charge in [-0.2, -0.15) is 0 Å². The summed E-state index contributed by atoms with van der Waals surface area (Å²) in [6.45, 7) is 3.16. The molecule has 2 amide bonds. The fourth-order valence-corrected chi connectivity index (χ4v) is 2.04. The zero-order valence-corrected chi connectivity index (χ0v) is 11.0. The van der Waals surface area contributed by atoms with E-state index in [4.69, 9.17) is 4.74 Å². The van der Waals surface area contributed by atoms with E-state index in [0.717, 1.165) is 5.75 Å². The molecule has 5 nitrogen and oxygen atoms in total. The molecule has 102 valence electrons. The van der Waals surface area contributed by atoms with Crippen molar-refractivity contribution in [2.75, 3.05) is 19.7 Å². The summed E-state index contributed by atoms with van der Waals surface area (Å²) in [5.74, 6) is 0.613. The van der Waals surface area contributed by atoms with Gasteiger partial charge in [-0.3, -0.25) is 9.59 Å². The molecular weight excluding hydrogens is 244 g/mol. The molecule has 0 radical (unpaired) electrons. The summed E-state index contributed by atoms with van der Waals surface area (Å²) in [4.78, 5) is 25.1. The first-order chi connectivity index (χ1) is 9.18. The largest absolute Gasteiger partial charge is 0.493 e. The Morgan fingerprint density at radius 3 is 2.89 bits per heavy atom. The Morgan fingerprint density at radius 1 is 1.42 bits per heavy atom. The van der Waals surface area contributed by atoms with E-state index in [2.05, 4.69) is 5.32 Å². The minimum absolute atomic E-state index is 0.0433.